The van der Waals surface area contributed by atoms with Crippen LogP contribution in [0.5, 0.6) is 5.75 Å². The lowest BCUT2D eigenvalue weighted by Crippen LogP contribution is -2.41. The predicted octanol–water partition coefficient (Wildman–Crippen LogP) is 0.709. The molecule has 22 heavy (non-hydrogen) atoms. The number of nitrogens with two attached hydrogens (primary N) is 1. The maximum Gasteiger partial charge on any atom is 0.247 e. The molecule has 1 heterocycles. The molecule has 3 N–H and O–H groups in total. The SMILES string of the molecule is CONC(=O)Cc1ccc(OCCN2CCC(N)CC2)cc1. The van der Waals surface area contributed by atoms with Crippen molar-refractivity contribution in [2.24, 2.45) is 5.73 Å². The Morgan fingerprint density at radius 2 is 2.00 bits per heavy atom. The van der Waals surface area contributed by atoms with Crippen molar-refractivity contribution in [3.63, 3.8) is 0 Å². The van der Waals surface area contributed by atoms with E-state index in [1.54, 1.807) is 0 Å². The van der Waals surface area contributed by atoms with Gasteiger partial charge in [-0.3, -0.25) is 14.5 Å². The Hall–Kier alpha value is -1.63. The van der Waals surface area contributed by atoms with E-state index >= 15 is 0 Å². The van der Waals surface area contributed by atoms with Gasteiger partial charge < -0.3 is 10.5 Å². The van der Waals surface area contributed by atoms with Crippen LogP contribution in [0.15, 0.2) is 24.3 Å². The molecule has 1 aliphatic rings. The molecule has 0 unspecified atom stereocenters. The average molecular weight is 307 g/mol. The minimum Gasteiger partial charge on any atom is -0.492 e. The minimum absolute atomic E-state index is 0.167. The lowest BCUT2D eigenvalue weighted by molar-refractivity contribution is -0.130. The maximum absolute atomic E-state index is 11.4. The number of nitrogens with zero attached hydrogens (tertiary/aromatic N) is 1. The highest BCUT2D eigenvalue weighted by molar-refractivity contribution is 5.77. The van der Waals surface area contributed by atoms with Crippen LogP contribution in [0, 0.1) is 0 Å². The maximum atomic E-state index is 11.4. The summed E-state index contributed by atoms with van der Waals surface area (Å²) in [7, 11) is 1.42. The van der Waals surface area contributed by atoms with Gasteiger partial charge in [0, 0.05) is 12.6 Å². The Kier molecular flexibility index (Phi) is 6.64. The van der Waals surface area contributed by atoms with E-state index in [9.17, 15) is 4.79 Å². The Morgan fingerprint density at radius 1 is 1.32 bits per heavy atom. The minimum atomic E-state index is -0.167. The number of hydrogen-bond acceptors (Lipinski definition) is 5. The molecule has 1 fully saturated rings. The summed E-state index contributed by atoms with van der Waals surface area (Å²) in [6.07, 6.45) is 2.43. The van der Waals surface area contributed by atoms with E-state index in [-0.39, 0.29) is 5.91 Å². The number of amides is 1. The number of rotatable bonds is 7. The van der Waals surface area contributed by atoms with Crippen LogP contribution in [-0.4, -0.2) is 50.2 Å². The molecule has 0 saturated carbocycles. The van der Waals surface area contributed by atoms with Gasteiger partial charge in [-0.05, 0) is 43.6 Å². The molecule has 122 valence electrons. The molecule has 0 spiro atoms. The molecule has 0 bridgehead atoms. The predicted molar refractivity (Wildman–Crippen MR) is 84.4 cm³/mol. The fourth-order valence-electron chi connectivity index (χ4n) is 2.51. The summed E-state index contributed by atoms with van der Waals surface area (Å²) in [5, 5.41) is 0. The number of hydrogen-bond donors (Lipinski definition) is 2. The smallest absolute Gasteiger partial charge is 0.247 e. The number of likely N-dealkylation sites (tertiary alicyclic amines) is 1. The van der Waals surface area contributed by atoms with Gasteiger partial charge >= 0.3 is 0 Å². The van der Waals surface area contributed by atoms with Crippen molar-refractivity contribution in [3.05, 3.63) is 29.8 Å². The van der Waals surface area contributed by atoms with E-state index in [4.69, 9.17) is 10.5 Å². The van der Waals surface area contributed by atoms with Crippen molar-refractivity contribution < 1.29 is 14.4 Å². The molecular weight excluding hydrogens is 282 g/mol. The Bertz CT molecular complexity index is 456. The molecule has 0 atom stereocenters. The van der Waals surface area contributed by atoms with Crippen LogP contribution >= 0.6 is 0 Å². The van der Waals surface area contributed by atoms with Crippen LogP contribution in [0.1, 0.15) is 18.4 Å². The average Bonchev–Trinajstić information content (AvgIpc) is 2.51. The molecule has 1 aromatic rings. The van der Waals surface area contributed by atoms with Crippen molar-refractivity contribution in [1.82, 2.24) is 10.4 Å². The van der Waals surface area contributed by atoms with Gasteiger partial charge in [0.25, 0.3) is 0 Å². The molecule has 0 aromatic heterocycles. The van der Waals surface area contributed by atoms with Crippen molar-refractivity contribution in [2.45, 2.75) is 25.3 Å². The highest BCUT2D eigenvalue weighted by Gasteiger charge is 2.15. The number of piperidine rings is 1. The zero-order valence-corrected chi connectivity index (χ0v) is 13.1. The molecule has 6 heteroatoms. The van der Waals surface area contributed by atoms with Crippen LogP contribution < -0.4 is 16.0 Å². The van der Waals surface area contributed by atoms with Gasteiger partial charge in [0.15, 0.2) is 0 Å². The van der Waals surface area contributed by atoms with Gasteiger partial charge in [-0.25, -0.2) is 5.48 Å². The molecular formula is C16H25N3O3. The van der Waals surface area contributed by atoms with Crippen LogP contribution in [0.2, 0.25) is 0 Å². The summed E-state index contributed by atoms with van der Waals surface area (Å²) in [5.74, 6) is 0.657. The third kappa shape index (κ3) is 5.63. The second-order valence-corrected chi connectivity index (χ2v) is 5.58. The van der Waals surface area contributed by atoms with Gasteiger partial charge in [-0.2, -0.15) is 0 Å². The quantitative estimate of drug-likeness (QED) is 0.726. The van der Waals surface area contributed by atoms with E-state index in [2.05, 4.69) is 15.2 Å². The molecule has 1 aromatic carbocycles. The second-order valence-electron chi connectivity index (χ2n) is 5.58. The highest BCUT2D eigenvalue weighted by atomic mass is 16.6. The lowest BCUT2D eigenvalue weighted by atomic mass is 10.1. The summed E-state index contributed by atoms with van der Waals surface area (Å²) < 4.78 is 5.74. The van der Waals surface area contributed by atoms with E-state index in [0.29, 0.717) is 19.1 Å². The summed E-state index contributed by atoms with van der Waals surface area (Å²) in [6, 6.07) is 7.93. The Morgan fingerprint density at radius 3 is 2.64 bits per heavy atom. The molecule has 0 radical (unpaired) electrons. The summed E-state index contributed by atoms with van der Waals surface area (Å²) >= 11 is 0. The van der Waals surface area contributed by atoms with Crippen LogP contribution in [0.4, 0.5) is 0 Å². The van der Waals surface area contributed by atoms with Crippen molar-refractivity contribution in [2.75, 3.05) is 33.4 Å². The highest BCUT2D eigenvalue weighted by Crippen LogP contribution is 2.13. The van der Waals surface area contributed by atoms with E-state index < -0.39 is 0 Å². The Balaban J connectivity index is 1.69. The van der Waals surface area contributed by atoms with Gasteiger partial charge in [-0.15, -0.1) is 0 Å². The molecule has 0 aliphatic carbocycles. The van der Waals surface area contributed by atoms with Gasteiger partial charge in [-0.1, -0.05) is 12.1 Å². The topological polar surface area (TPSA) is 76.8 Å². The monoisotopic (exact) mass is 307 g/mol. The molecule has 1 aliphatic heterocycles. The third-order valence-electron chi connectivity index (χ3n) is 3.81. The number of hydroxylamine groups is 1. The van der Waals surface area contributed by atoms with Crippen molar-refractivity contribution >= 4 is 5.91 Å². The summed E-state index contributed by atoms with van der Waals surface area (Å²) in [5.41, 5.74) is 9.11. The number of carbonyl (C=O) groups excluding carboxylic acids is 1. The zero-order valence-electron chi connectivity index (χ0n) is 13.1. The molecule has 2 rings (SSSR count). The fourth-order valence-corrected chi connectivity index (χ4v) is 2.51. The van der Waals surface area contributed by atoms with Crippen molar-refractivity contribution in [3.8, 4) is 5.75 Å². The largest absolute Gasteiger partial charge is 0.492 e. The zero-order chi connectivity index (χ0) is 15.8. The fraction of sp³-hybridized carbons (Fsp3) is 0.562. The van der Waals surface area contributed by atoms with E-state index in [1.165, 1.54) is 7.11 Å². The second kappa shape index (κ2) is 8.73. The number of benzene rings is 1. The van der Waals surface area contributed by atoms with Gasteiger partial charge in [0.2, 0.25) is 5.91 Å². The first-order valence-corrected chi connectivity index (χ1v) is 7.69. The summed E-state index contributed by atoms with van der Waals surface area (Å²) in [6.45, 7) is 3.69. The number of nitrogens with one attached hydrogen (secondary N) is 1. The van der Waals surface area contributed by atoms with Crippen LogP contribution in [-0.2, 0) is 16.1 Å². The third-order valence-corrected chi connectivity index (χ3v) is 3.81. The van der Waals surface area contributed by atoms with Crippen LogP contribution in [0.25, 0.3) is 0 Å². The molecule has 1 saturated heterocycles. The number of ether oxygens (including phenoxy) is 1. The van der Waals surface area contributed by atoms with Gasteiger partial charge in [0.05, 0.1) is 13.5 Å². The molecule has 1 amide bonds. The first-order chi connectivity index (χ1) is 10.7. The summed E-state index contributed by atoms with van der Waals surface area (Å²) in [4.78, 5) is 18.3. The lowest BCUT2D eigenvalue weighted by Gasteiger charge is -2.29. The van der Waals surface area contributed by atoms with E-state index in [0.717, 1.165) is 43.8 Å². The van der Waals surface area contributed by atoms with Crippen molar-refractivity contribution in [1.29, 1.82) is 0 Å². The molecule has 6 nitrogen and oxygen atoms in total. The first kappa shape index (κ1) is 16.7. The number of carbonyl (C=O) groups is 1. The Labute approximate surface area is 131 Å². The van der Waals surface area contributed by atoms with Gasteiger partial charge in [0.1, 0.15) is 12.4 Å². The van der Waals surface area contributed by atoms with E-state index in [1.807, 2.05) is 24.3 Å². The standard InChI is InChI=1S/C16H25N3O3/c1-21-18-16(20)12-13-2-4-15(5-3-13)22-11-10-19-8-6-14(17)7-9-19/h2-5,14H,6-12,17H2,1H3,(H,18,20). The first-order valence-electron chi connectivity index (χ1n) is 7.69. The normalized spacial score (nSPS) is 16.5. The van der Waals surface area contributed by atoms with Crippen LogP contribution in [0.3, 0.4) is 0 Å².